The summed E-state index contributed by atoms with van der Waals surface area (Å²) in [5.41, 5.74) is 1.17. The van der Waals surface area contributed by atoms with Gasteiger partial charge in [-0.25, -0.2) is 0 Å². The minimum Gasteiger partial charge on any atom is -0.497 e. The van der Waals surface area contributed by atoms with E-state index >= 15 is 0 Å². The molecule has 0 aliphatic carbocycles. The van der Waals surface area contributed by atoms with Crippen molar-refractivity contribution in [3.05, 3.63) is 39.3 Å². The number of benzene rings is 1. The van der Waals surface area contributed by atoms with Gasteiger partial charge in [0.05, 0.1) is 7.11 Å². The SMILES string of the molecule is COc1ccc(Cc2nnc(Cl)s2)cc1. The average Bonchev–Trinajstić information content (AvgIpc) is 2.65. The van der Waals surface area contributed by atoms with E-state index in [-0.39, 0.29) is 0 Å². The van der Waals surface area contributed by atoms with Crippen LogP contribution in [-0.2, 0) is 6.42 Å². The summed E-state index contributed by atoms with van der Waals surface area (Å²) in [4.78, 5) is 0. The van der Waals surface area contributed by atoms with Gasteiger partial charge < -0.3 is 4.74 Å². The Kier molecular flexibility index (Phi) is 3.18. The monoisotopic (exact) mass is 240 g/mol. The Morgan fingerprint density at radius 2 is 2.00 bits per heavy atom. The molecule has 78 valence electrons. The van der Waals surface area contributed by atoms with E-state index in [4.69, 9.17) is 16.3 Å². The number of rotatable bonds is 3. The van der Waals surface area contributed by atoms with E-state index < -0.39 is 0 Å². The number of hydrogen-bond donors (Lipinski definition) is 0. The van der Waals surface area contributed by atoms with E-state index in [1.807, 2.05) is 24.3 Å². The molecule has 0 saturated heterocycles. The van der Waals surface area contributed by atoms with Crippen molar-refractivity contribution in [1.29, 1.82) is 0 Å². The molecule has 0 amide bonds. The van der Waals surface area contributed by atoms with Crippen molar-refractivity contribution >= 4 is 22.9 Å². The van der Waals surface area contributed by atoms with Crippen LogP contribution in [0.15, 0.2) is 24.3 Å². The predicted octanol–water partition coefficient (Wildman–Crippen LogP) is 2.79. The summed E-state index contributed by atoms with van der Waals surface area (Å²) in [7, 11) is 1.65. The molecule has 1 heterocycles. The average molecular weight is 241 g/mol. The highest BCUT2D eigenvalue weighted by atomic mass is 35.5. The Morgan fingerprint density at radius 3 is 2.53 bits per heavy atom. The van der Waals surface area contributed by atoms with E-state index in [0.29, 0.717) is 4.47 Å². The smallest absolute Gasteiger partial charge is 0.207 e. The maximum atomic E-state index is 5.70. The summed E-state index contributed by atoms with van der Waals surface area (Å²) in [6.07, 6.45) is 0.758. The van der Waals surface area contributed by atoms with Crippen molar-refractivity contribution in [3.63, 3.8) is 0 Å². The Hall–Kier alpha value is -1.13. The summed E-state index contributed by atoms with van der Waals surface area (Å²) < 4.78 is 5.56. The van der Waals surface area contributed by atoms with Gasteiger partial charge in [0.15, 0.2) is 0 Å². The van der Waals surface area contributed by atoms with Crippen molar-refractivity contribution in [2.24, 2.45) is 0 Å². The quantitative estimate of drug-likeness (QED) is 0.828. The molecule has 0 fully saturated rings. The van der Waals surface area contributed by atoms with Crippen LogP contribution in [-0.4, -0.2) is 17.3 Å². The lowest BCUT2D eigenvalue weighted by Crippen LogP contribution is -1.88. The van der Waals surface area contributed by atoms with E-state index in [0.717, 1.165) is 17.2 Å². The first-order valence-electron chi connectivity index (χ1n) is 4.39. The fraction of sp³-hybridized carbons (Fsp3) is 0.200. The fourth-order valence-corrected chi connectivity index (χ4v) is 2.12. The Labute approximate surface area is 96.7 Å². The number of aromatic nitrogens is 2. The zero-order chi connectivity index (χ0) is 10.7. The van der Waals surface area contributed by atoms with Gasteiger partial charge in [0.2, 0.25) is 4.47 Å². The van der Waals surface area contributed by atoms with Gasteiger partial charge >= 0.3 is 0 Å². The van der Waals surface area contributed by atoms with Crippen molar-refractivity contribution < 1.29 is 4.74 Å². The summed E-state index contributed by atoms with van der Waals surface area (Å²) in [6.45, 7) is 0. The molecular weight excluding hydrogens is 232 g/mol. The van der Waals surface area contributed by atoms with Crippen molar-refractivity contribution in [2.75, 3.05) is 7.11 Å². The summed E-state index contributed by atoms with van der Waals surface area (Å²) in [5.74, 6) is 0.856. The van der Waals surface area contributed by atoms with E-state index in [9.17, 15) is 0 Å². The van der Waals surface area contributed by atoms with Gasteiger partial charge in [0.25, 0.3) is 0 Å². The highest BCUT2D eigenvalue weighted by Gasteiger charge is 2.03. The third kappa shape index (κ3) is 2.67. The second-order valence-electron chi connectivity index (χ2n) is 2.97. The zero-order valence-electron chi connectivity index (χ0n) is 8.11. The molecule has 0 N–H and O–H groups in total. The van der Waals surface area contributed by atoms with Crippen molar-refractivity contribution in [3.8, 4) is 5.75 Å². The van der Waals surface area contributed by atoms with E-state index in [1.54, 1.807) is 7.11 Å². The molecule has 0 bridgehead atoms. The molecule has 15 heavy (non-hydrogen) atoms. The number of ether oxygens (including phenoxy) is 1. The largest absolute Gasteiger partial charge is 0.497 e. The van der Waals surface area contributed by atoms with Crippen LogP contribution in [0.2, 0.25) is 4.47 Å². The molecule has 0 radical (unpaired) electrons. The summed E-state index contributed by atoms with van der Waals surface area (Å²) in [6, 6.07) is 7.87. The fourth-order valence-electron chi connectivity index (χ4n) is 1.22. The molecular formula is C10H9ClN2OS. The number of halogens is 1. The molecule has 2 aromatic rings. The van der Waals surface area contributed by atoms with Crippen molar-refractivity contribution in [1.82, 2.24) is 10.2 Å². The minimum absolute atomic E-state index is 0.485. The van der Waals surface area contributed by atoms with Crippen LogP contribution in [0.4, 0.5) is 0 Å². The van der Waals surface area contributed by atoms with Crippen LogP contribution in [0.5, 0.6) is 5.75 Å². The third-order valence-corrected chi connectivity index (χ3v) is 2.98. The molecule has 0 atom stereocenters. The molecule has 5 heteroatoms. The van der Waals surface area contributed by atoms with E-state index in [2.05, 4.69) is 10.2 Å². The lowest BCUT2D eigenvalue weighted by molar-refractivity contribution is 0.414. The maximum Gasteiger partial charge on any atom is 0.207 e. The molecule has 0 aliphatic rings. The van der Waals surface area contributed by atoms with Crippen LogP contribution >= 0.6 is 22.9 Å². The first kappa shape index (κ1) is 10.4. The van der Waals surface area contributed by atoms with Gasteiger partial charge in [-0.05, 0) is 29.3 Å². The number of hydrogen-bond acceptors (Lipinski definition) is 4. The van der Waals surface area contributed by atoms with Crippen LogP contribution in [0, 0.1) is 0 Å². The standard InChI is InChI=1S/C10H9ClN2OS/c1-14-8-4-2-7(3-5-8)6-9-12-13-10(11)15-9/h2-5H,6H2,1H3. The van der Waals surface area contributed by atoms with Gasteiger partial charge in [-0.15, -0.1) is 10.2 Å². The summed E-state index contributed by atoms with van der Waals surface area (Å²) >= 11 is 7.10. The first-order valence-corrected chi connectivity index (χ1v) is 5.58. The molecule has 0 saturated carbocycles. The lowest BCUT2D eigenvalue weighted by Gasteiger charge is -2.00. The highest BCUT2D eigenvalue weighted by Crippen LogP contribution is 2.19. The number of nitrogens with zero attached hydrogens (tertiary/aromatic N) is 2. The summed E-state index contributed by atoms with van der Waals surface area (Å²) in [5, 5.41) is 8.64. The van der Waals surface area contributed by atoms with Gasteiger partial charge in [-0.1, -0.05) is 23.5 Å². The van der Waals surface area contributed by atoms with Gasteiger partial charge in [0, 0.05) is 6.42 Å². The van der Waals surface area contributed by atoms with Crippen LogP contribution in [0.3, 0.4) is 0 Å². The van der Waals surface area contributed by atoms with Crippen molar-refractivity contribution in [2.45, 2.75) is 6.42 Å². The van der Waals surface area contributed by atoms with Crippen LogP contribution in [0.1, 0.15) is 10.6 Å². The molecule has 0 unspecified atom stereocenters. The normalized spacial score (nSPS) is 10.3. The Morgan fingerprint density at radius 1 is 1.27 bits per heavy atom. The predicted molar refractivity (Wildman–Crippen MR) is 60.7 cm³/mol. The first-order chi connectivity index (χ1) is 7.28. The molecule has 1 aromatic heterocycles. The van der Waals surface area contributed by atoms with Crippen LogP contribution in [0.25, 0.3) is 0 Å². The minimum atomic E-state index is 0.485. The lowest BCUT2D eigenvalue weighted by atomic mass is 10.1. The zero-order valence-corrected chi connectivity index (χ0v) is 9.68. The second-order valence-corrected chi connectivity index (χ2v) is 4.62. The van der Waals surface area contributed by atoms with Crippen LogP contribution < -0.4 is 4.74 Å². The third-order valence-electron chi connectivity index (χ3n) is 1.96. The topological polar surface area (TPSA) is 35.0 Å². The van der Waals surface area contributed by atoms with Gasteiger partial charge in [0.1, 0.15) is 10.8 Å². The van der Waals surface area contributed by atoms with Gasteiger partial charge in [-0.2, -0.15) is 0 Å². The Balaban J connectivity index is 2.11. The Bertz CT molecular complexity index is 441. The molecule has 0 aliphatic heterocycles. The van der Waals surface area contributed by atoms with E-state index in [1.165, 1.54) is 16.9 Å². The molecule has 0 spiro atoms. The molecule has 3 nitrogen and oxygen atoms in total. The molecule has 1 aromatic carbocycles. The molecule has 2 rings (SSSR count). The van der Waals surface area contributed by atoms with Gasteiger partial charge in [-0.3, -0.25) is 0 Å². The second kappa shape index (κ2) is 4.59. The maximum absolute atomic E-state index is 5.70. The highest BCUT2D eigenvalue weighted by molar-refractivity contribution is 7.15. The number of methoxy groups -OCH3 is 1.